The Morgan fingerprint density at radius 1 is 1.13 bits per heavy atom. The van der Waals surface area contributed by atoms with Crippen molar-refractivity contribution >= 4 is 40.5 Å². The molecule has 0 aromatic heterocycles. The van der Waals surface area contributed by atoms with Gasteiger partial charge in [-0.1, -0.05) is 11.6 Å². The maximum atomic E-state index is 12.8. The largest absolute Gasteiger partial charge is 0.495 e. The van der Waals surface area contributed by atoms with Crippen LogP contribution in [0.15, 0.2) is 36.4 Å². The Hall–Kier alpha value is -2.73. The number of amides is 2. The third-order valence-electron chi connectivity index (χ3n) is 5.87. The summed E-state index contributed by atoms with van der Waals surface area (Å²) in [6.07, 6.45) is 2.64. The predicted molar refractivity (Wildman–Crippen MR) is 120 cm³/mol. The third kappa shape index (κ3) is 4.10. The number of nitrogens with one attached hydrogen (secondary N) is 1. The molecule has 2 aliphatic rings. The van der Waals surface area contributed by atoms with Crippen molar-refractivity contribution in [1.82, 2.24) is 0 Å². The van der Waals surface area contributed by atoms with E-state index in [-0.39, 0.29) is 18.2 Å². The average Bonchev–Trinajstić information content (AvgIpc) is 3.41. The third-order valence-corrected chi connectivity index (χ3v) is 6.27. The molecule has 158 valence electrons. The van der Waals surface area contributed by atoms with E-state index in [1.165, 1.54) is 25.6 Å². The second-order valence-corrected chi connectivity index (χ2v) is 8.31. The van der Waals surface area contributed by atoms with Crippen molar-refractivity contribution in [1.29, 1.82) is 0 Å². The highest BCUT2D eigenvalue weighted by Crippen LogP contribution is 2.33. The second-order valence-electron chi connectivity index (χ2n) is 7.91. The van der Waals surface area contributed by atoms with E-state index in [4.69, 9.17) is 16.3 Å². The van der Waals surface area contributed by atoms with Crippen molar-refractivity contribution in [2.24, 2.45) is 5.92 Å². The predicted octanol–water partition coefficient (Wildman–Crippen LogP) is 4.25. The molecule has 4 rings (SSSR count). The number of benzene rings is 2. The Morgan fingerprint density at radius 2 is 1.80 bits per heavy atom. The zero-order valence-corrected chi connectivity index (χ0v) is 18.0. The molecular weight excluding hydrogens is 402 g/mol. The number of carbonyl (C=O) groups excluding carboxylic acids is 2. The van der Waals surface area contributed by atoms with Gasteiger partial charge in [-0.15, -0.1) is 0 Å². The summed E-state index contributed by atoms with van der Waals surface area (Å²) in [5, 5.41) is 3.48. The lowest BCUT2D eigenvalue weighted by Gasteiger charge is -2.21. The number of nitrogens with zero attached hydrogens (tertiary/aromatic N) is 2. The van der Waals surface area contributed by atoms with Crippen molar-refractivity contribution in [3.63, 3.8) is 0 Å². The van der Waals surface area contributed by atoms with Crippen LogP contribution in [0.1, 0.15) is 24.8 Å². The molecule has 0 spiro atoms. The molecule has 1 N–H and O–H groups in total. The van der Waals surface area contributed by atoms with Crippen molar-refractivity contribution < 1.29 is 14.3 Å². The second kappa shape index (κ2) is 8.56. The van der Waals surface area contributed by atoms with Crippen LogP contribution in [-0.4, -0.2) is 38.6 Å². The van der Waals surface area contributed by atoms with Gasteiger partial charge in [0, 0.05) is 48.5 Å². The van der Waals surface area contributed by atoms with Gasteiger partial charge in [0.1, 0.15) is 5.75 Å². The first-order valence-electron chi connectivity index (χ1n) is 10.3. The summed E-state index contributed by atoms with van der Waals surface area (Å²) >= 11 is 6.14. The lowest BCUT2D eigenvalue weighted by molar-refractivity contribution is -0.122. The molecule has 1 atom stereocenters. The Balaban J connectivity index is 1.44. The molecule has 2 aromatic rings. The zero-order chi connectivity index (χ0) is 21.3. The lowest BCUT2D eigenvalue weighted by Crippen LogP contribution is -2.28. The summed E-state index contributed by atoms with van der Waals surface area (Å²) in [6.45, 7) is 4.39. The number of hydrogen-bond donors (Lipinski definition) is 1. The van der Waals surface area contributed by atoms with Crippen LogP contribution < -0.4 is 19.9 Å². The normalized spacial score (nSPS) is 18.8. The minimum Gasteiger partial charge on any atom is -0.495 e. The van der Waals surface area contributed by atoms with Crippen molar-refractivity contribution in [3.05, 3.63) is 47.0 Å². The molecule has 0 radical (unpaired) electrons. The maximum absolute atomic E-state index is 12.8. The van der Waals surface area contributed by atoms with Crippen LogP contribution in [0.4, 0.5) is 17.1 Å². The van der Waals surface area contributed by atoms with E-state index in [0.29, 0.717) is 23.0 Å². The number of rotatable bonds is 5. The van der Waals surface area contributed by atoms with Crippen molar-refractivity contribution in [2.75, 3.05) is 41.9 Å². The van der Waals surface area contributed by atoms with Gasteiger partial charge in [-0.25, -0.2) is 0 Å². The molecule has 6 nitrogen and oxygen atoms in total. The molecule has 2 amide bonds. The fourth-order valence-electron chi connectivity index (χ4n) is 4.12. The van der Waals surface area contributed by atoms with Gasteiger partial charge in [0.05, 0.1) is 18.7 Å². The molecule has 1 unspecified atom stereocenters. The highest BCUT2D eigenvalue weighted by atomic mass is 35.5. The van der Waals surface area contributed by atoms with Gasteiger partial charge in [0.2, 0.25) is 11.8 Å². The summed E-state index contributed by atoms with van der Waals surface area (Å²) in [5.74, 6) is -0.156. The minimum atomic E-state index is -0.420. The summed E-state index contributed by atoms with van der Waals surface area (Å²) in [5.41, 5.74) is 3.42. The summed E-state index contributed by atoms with van der Waals surface area (Å²) in [7, 11) is 1.53. The molecule has 0 bridgehead atoms. The smallest absolute Gasteiger partial charge is 0.229 e. The van der Waals surface area contributed by atoms with Crippen LogP contribution in [0.25, 0.3) is 0 Å². The van der Waals surface area contributed by atoms with Gasteiger partial charge in [-0.2, -0.15) is 0 Å². The average molecular weight is 428 g/mol. The first-order valence-corrected chi connectivity index (χ1v) is 10.6. The van der Waals surface area contributed by atoms with Crippen molar-refractivity contribution in [2.45, 2.75) is 26.2 Å². The SMILES string of the molecule is COc1cc(Cl)c(C)cc1NC(=O)C1CC(=O)N(c2ccc(N3CCCC3)cc2)C1. The van der Waals surface area contributed by atoms with Crippen LogP contribution in [-0.2, 0) is 9.59 Å². The molecule has 2 aliphatic heterocycles. The van der Waals surface area contributed by atoms with Crippen molar-refractivity contribution in [3.8, 4) is 5.75 Å². The molecular formula is C23H26ClN3O3. The summed E-state index contributed by atoms with van der Waals surface area (Å²) < 4.78 is 5.33. The molecule has 0 aliphatic carbocycles. The van der Waals surface area contributed by atoms with E-state index >= 15 is 0 Å². The number of anilines is 3. The standard InChI is InChI=1S/C23H26ClN3O3/c1-15-11-20(21(30-2)13-19(15)24)25-23(29)16-12-22(28)27(14-16)18-7-5-17(6-8-18)26-9-3-4-10-26/h5-8,11,13,16H,3-4,9-10,12,14H2,1-2H3,(H,25,29). The van der Waals surface area contributed by atoms with E-state index in [1.807, 2.05) is 19.1 Å². The van der Waals surface area contributed by atoms with Gasteiger partial charge in [0.15, 0.2) is 0 Å². The van der Waals surface area contributed by atoms with E-state index in [1.54, 1.807) is 17.0 Å². The van der Waals surface area contributed by atoms with E-state index in [0.717, 1.165) is 24.3 Å². The molecule has 0 saturated carbocycles. The fourth-order valence-corrected chi connectivity index (χ4v) is 4.27. The van der Waals surface area contributed by atoms with Crippen LogP contribution in [0, 0.1) is 12.8 Å². The van der Waals surface area contributed by atoms with Gasteiger partial charge in [0.25, 0.3) is 0 Å². The first-order chi connectivity index (χ1) is 14.5. The van der Waals surface area contributed by atoms with Crippen LogP contribution in [0.3, 0.4) is 0 Å². The number of methoxy groups -OCH3 is 1. The van der Waals surface area contributed by atoms with Gasteiger partial charge >= 0.3 is 0 Å². The Kier molecular flexibility index (Phi) is 5.86. The molecule has 30 heavy (non-hydrogen) atoms. The maximum Gasteiger partial charge on any atom is 0.229 e. The van der Waals surface area contributed by atoms with E-state index in [2.05, 4.69) is 22.3 Å². The number of aryl methyl sites for hydroxylation is 1. The van der Waals surface area contributed by atoms with E-state index in [9.17, 15) is 9.59 Å². The molecule has 2 aromatic carbocycles. The highest BCUT2D eigenvalue weighted by Gasteiger charge is 2.35. The van der Waals surface area contributed by atoms with Crippen LogP contribution in [0.5, 0.6) is 5.75 Å². The highest BCUT2D eigenvalue weighted by molar-refractivity contribution is 6.31. The van der Waals surface area contributed by atoms with E-state index < -0.39 is 5.92 Å². The van der Waals surface area contributed by atoms with Gasteiger partial charge < -0.3 is 19.9 Å². The molecule has 2 fully saturated rings. The number of carbonyl (C=O) groups is 2. The monoisotopic (exact) mass is 427 g/mol. The molecule has 2 saturated heterocycles. The lowest BCUT2D eigenvalue weighted by atomic mass is 10.1. The molecule has 2 heterocycles. The summed E-state index contributed by atoms with van der Waals surface area (Å²) in [4.78, 5) is 29.5. The first kappa shape index (κ1) is 20.5. The van der Waals surface area contributed by atoms with Crippen LogP contribution in [0.2, 0.25) is 5.02 Å². The Morgan fingerprint density at radius 3 is 2.47 bits per heavy atom. The Bertz CT molecular complexity index is 955. The summed E-state index contributed by atoms with van der Waals surface area (Å²) in [6, 6.07) is 11.5. The van der Waals surface area contributed by atoms with Gasteiger partial charge in [-0.05, 0) is 55.7 Å². The number of ether oxygens (including phenoxy) is 1. The molecule has 7 heteroatoms. The fraction of sp³-hybridized carbons (Fsp3) is 0.391. The quantitative estimate of drug-likeness (QED) is 0.774. The van der Waals surface area contributed by atoms with Gasteiger partial charge in [-0.3, -0.25) is 9.59 Å². The Labute approximate surface area is 181 Å². The van der Waals surface area contributed by atoms with Crippen LogP contribution >= 0.6 is 11.6 Å². The number of hydrogen-bond acceptors (Lipinski definition) is 4. The minimum absolute atomic E-state index is 0.0386. The topological polar surface area (TPSA) is 61.9 Å². The number of halogens is 1. The zero-order valence-electron chi connectivity index (χ0n) is 17.3.